The van der Waals surface area contributed by atoms with Crippen LogP contribution in [0.25, 0.3) is 0 Å². The van der Waals surface area contributed by atoms with Gasteiger partial charge in [0, 0.05) is 39.3 Å². The van der Waals surface area contributed by atoms with E-state index in [9.17, 15) is 8.42 Å². The summed E-state index contributed by atoms with van der Waals surface area (Å²) in [5, 5.41) is 0. The second-order valence-electron chi connectivity index (χ2n) is 8.88. The highest BCUT2D eigenvalue weighted by Gasteiger charge is 2.33. The minimum Gasteiger partial charge on any atom is -0.381 e. The van der Waals surface area contributed by atoms with Crippen LogP contribution in [-0.2, 0) is 20.2 Å². The van der Waals surface area contributed by atoms with Crippen LogP contribution in [0.2, 0.25) is 0 Å². The molecular formula is C21H34N2O3S. The van der Waals surface area contributed by atoms with Crippen molar-refractivity contribution in [2.75, 3.05) is 33.3 Å². The lowest BCUT2D eigenvalue weighted by Gasteiger charge is -2.41. The van der Waals surface area contributed by atoms with E-state index in [0.29, 0.717) is 30.1 Å². The molecule has 6 heteroatoms. The van der Waals surface area contributed by atoms with E-state index in [4.69, 9.17) is 4.74 Å². The number of benzene rings is 1. The van der Waals surface area contributed by atoms with E-state index in [0.717, 1.165) is 44.3 Å². The summed E-state index contributed by atoms with van der Waals surface area (Å²) < 4.78 is 33.1. The lowest BCUT2D eigenvalue weighted by molar-refractivity contribution is 0.0190. The van der Waals surface area contributed by atoms with Gasteiger partial charge < -0.3 is 9.64 Å². The second-order valence-corrected chi connectivity index (χ2v) is 10.8. The summed E-state index contributed by atoms with van der Waals surface area (Å²) in [6, 6.07) is 7.91. The molecule has 1 aromatic carbocycles. The zero-order chi connectivity index (χ0) is 19.7. The molecule has 5 nitrogen and oxygen atoms in total. The molecule has 0 atom stereocenters. The number of likely N-dealkylation sites (tertiary alicyclic amines) is 1. The van der Waals surface area contributed by atoms with Crippen molar-refractivity contribution in [2.24, 2.45) is 0 Å². The number of rotatable bonds is 4. The number of methoxy groups -OCH3 is 1. The molecule has 0 amide bonds. The van der Waals surface area contributed by atoms with Gasteiger partial charge in [-0.25, -0.2) is 8.42 Å². The van der Waals surface area contributed by atoms with Gasteiger partial charge in [0.15, 0.2) is 0 Å². The summed E-state index contributed by atoms with van der Waals surface area (Å²) in [5.74, 6) is 0. The van der Waals surface area contributed by atoms with Gasteiger partial charge in [-0.3, -0.25) is 0 Å². The Morgan fingerprint density at radius 3 is 1.96 bits per heavy atom. The number of ether oxygens (including phenoxy) is 1. The first-order chi connectivity index (χ1) is 12.7. The van der Waals surface area contributed by atoms with Gasteiger partial charge >= 0.3 is 0 Å². The Bertz CT molecular complexity index is 709. The van der Waals surface area contributed by atoms with Crippen LogP contribution in [-0.4, -0.2) is 63.1 Å². The molecule has 0 aromatic heterocycles. The summed E-state index contributed by atoms with van der Waals surface area (Å²) in [6.07, 6.45) is 4.37. The molecule has 0 aliphatic carbocycles. The molecule has 0 unspecified atom stereocenters. The largest absolute Gasteiger partial charge is 0.381 e. The fraction of sp³-hybridized carbons (Fsp3) is 0.714. The molecule has 152 valence electrons. The second kappa shape index (κ2) is 8.19. The highest BCUT2D eigenvalue weighted by molar-refractivity contribution is 7.89. The van der Waals surface area contributed by atoms with Crippen molar-refractivity contribution >= 4 is 10.0 Å². The van der Waals surface area contributed by atoms with Crippen LogP contribution in [0.3, 0.4) is 0 Å². The average molecular weight is 395 g/mol. The van der Waals surface area contributed by atoms with Gasteiger partial charge in [-0.15, -0.1) is 0 Å². The number of nitrogens with zero attached hydrogens (tertiary/aromatic N) is 2. The van der Waals surface area contributed by atoms with Crippen LogP contribution in [0.15, 0.2) is 29.2 Å². The molecular weight excluding hydrogens is 360 g/mol. The molecule has 3 rings (SSSR count). The quantitative estimate of drug-likeness (QED) is 0.787. The Balaban J connectivity index is 1.60. The van der Waals surface area contributed by atoms with Crippen molar-refractivity contribution in [3.05, 3.63) is 29.8 Å². The Kier molecular flexibility index (Phi) is 6.31. The van der Waals surface area contributed by atoms with Gasteiger partial charge in [-0.05, 0) is 48.8 Å². The fourth-order valence-corrected chi connectivity index (χ4v) is 5.67. The molecule has 2 heterocycles. The normalized spacial score (nSPS) is 22.2. The maximum Gasteiger partial charge on any atom is 0.243 e. The molecule has 0 saturated carbocycles. The van der Waals surface area contributed by atoms with E-state index < -0.39 is 10.0 Å². The number of hydrogen-bond donors (Lipinski definition) is 0. The number of sulfonamides is 1. The van der Waals surface area contributed by atoms with Crippen molar-refractivity contribution in [3.8, 4) is 0 Å². The Morgan fingerprint density at radius 2 is 1.48 bits per heavy atom. The Hall–Kier alpha value is -0.950. The molecule has 2 aliphatic heterocycles. The van der Waals surface area contributed by atoms with E-state index in [-0.39, 0.29) is 5.41 Å². The molecule has 0 N–H and O–H groups in total. The van der Waals surface area contributed by atoms with Crippen molar-refractivity contribution in [1.29, 1.82) is 0 Å². The molecule has 0 radical (unpaired) electrons. The van der Waals surface area contributed by atoms with E-state index >= 15 is 0 Å². The average Bonchev–Trinajstić information content (AvgIpc) is 2.67. The first kappa shape index (κ1) is 20.8. The minimum atomic E-state index is -3.40. The van der Waals surface area contributed by atoms with Gasteiger partial charge in [0.1, 0.15) is 0 Å². The van der Waals surface area contributed by atoms with Crippen LogP contribution >= 0.6 is 0 Å². The van der Waals surface area contributed by atoms with Crippen molar-refractivity contribution in [1.82, 2.24) is 9.21 Å². The van der Waals surface area contributed by atoms with Gasteiger partial charge in [-0.1, -0.05) is 32.9 Å². The van der Waals surface area contributed by atoms with Crippen LogP contribution < -0.4 is 0 Å². The summed E-state index contributed by atoms with van der Waals surface area (Å²) in [5.41, 5.74) is 1.18. The van der Waals surface area contributed by atoms with Crippen molar-refractivity contribution in [3.63, 3.8) is 0 Å². The van der Waals surface area contributed by atoms with Crippen molar-refractivity contribution in [2.45, 2.75) is 68.9 Å². The summed E-state index contributed by atoms with van der Waals surface area (Å²) in [6.45, 7) is 9.75. The van der Waals surface area contributed by atoms with E-state index in [2.05, 4.69) is 25.7 Å². The van der Waals surface area contributed by atoms with Crippen molar-refractivity contribution < 1.29 is 13.2 Å². The fourth-order valence-electron chi connectivity index (χ4n) is 4.20. The molecule has 1 aromatic rings. The van der Waals surface area contributed by atoms with Crippen LogP contribution in [0, 0.1) is 0 Å². The van der Waals surface area contributed by atoms with Crippen LogP contribution in [0.1, 0.15) is 52.0 Å². The lowest BCUT2D eigenvalue weighted by Crippen LogP contribution is -2.49. The number of hydrogen-bond acceptors (Lipinski definition) is 4. The topological polar surface area (TPSA) is 49.9 Å². The molecule has 2 saturated heterocycles. The maximum absolute atomic E-state index is 13.0. The summed E-state index contributed by atoms with van der Waals surface area (Å²) in [4.78, 5) is 2.94. The highest BCUT2D eigenvalue weighted by atomic mass is 32.2. The van der Waals surface area contributed by atoms with Gasteiger partial charge in [0.2, 0.25) is 10.0 Å². The standard InChI is InChI=1S/C21H34N2O3S/c1-21(2,3)17-5-7-20(8-6-17)27(24,25)23-15-9-18(10-16-23)22-13-11-19(26-4)12-14-22/h5-8,18-19H,9-16H2,1-4H3. The summed E-state index contributed by atoms with van der Waals surface area (Å²) in [7, 11) is -1.61. The highest BCUT2D eigenvalue weighted by Crippen LogP contribution is 2.28. The third-order valence-corrected chi connectivity index (χ3v) is 8.02. The van der Waals surface area contributed by atoms with Gasteiger partial charge in [-0.2, -0.15) is 4.31 Å². The van der Waals surface area contributed by atoms with Crippen LogP contribution in [0.5, 0.6) is 0 Å². The molecule has 0 bridgehead atoms. The third-order valence-electron chi connectivity index (χ3n) is 6.11. The maximum atomic E-state index is 13.0. The first-order valence-corrected chi connectivity index (χ1v) is 11.5. The van der Waals surface area contributed by atoms with Gasteiger partial charge in [0.25, 0.3) is 0 Å². The number of piperidine rings is 2. The third kappa shape index (κ3) is 4.73. The predicted molar refractivity (Wildman–Crippen MR) is 109 cm³/mol. The summed E-state index contributed by atoms with van der Waals surface area (Å²) >= 11 is 0. The van der Waals surface area contributed by atoms with E-state index in [1.165, 1.54) is 0 Å². The van der Waals surface area contributed by atoms with E-state index in [1.807, 2.05) is 12.1 Å². The minimum absolute atomic E-state index is 0.0247. The monoisotopic (exact) mass is 394 g/mol. The first-order valence-electron chi connectivity index (χ1n) is 10.1. The smallest absolute Gasteiger partial charge is 0.243 e. The lowest BCUT2D eigenvalue weighted by atomic mass is 9.87. The van der Waals surface area contributed by atoms with Crippen LogP contribution in [0.4, 0.5) is 0 Å². The van der Waals surface area contributed by atoms with Gasteiger partial charge in [0.05, 0.1) is 11.0 Å². The molecule has 27 heavy (non-hydrogen) atoms. The SMILES string of the molecule is COC1CCN(C2CCN(S(=O)(=O)c3ccc(C(C)(C)C)cc3)CC2)CC1. The zero-order valence-electron chi connectivity index (χ0n) is 17.1. The van der Waals surface area contributed by atoms with E-state index in [1.54, 1.807) is 23.5 Å². The molecule has 2 aliphatic rings. The molecule has 0 spiro atoms. The molecule has 2 fully saturated rings. The Labute approximate surface area is 164 Å². The Morgan fingerprint density at radius 1 is 0.926 bits per heavy atom. The zero-order valence-corrected chi connectivity index (χ0v) is 18.0. The predicted octanol–water partition coefficient (Wildman–Crippen LogP) is 3.25.